The molecular formula is C19H22FNO3. The molecule has 1 heterocycles. The van der Waals surface area contributed by atoms with E-state index >= 15 is 0 Å². The van der Waals surface area contributed by atoms with Gasteiger partial charge in [0.1, 0.15) is 11.4 Å². The molecule has 0 radical (unpaired) electrons. The highest BCUT2D eigenvalue weighted by atomic mass is 19.1. The molecule has 4 nitrogen and oxygen atoms in total. The van der Waals surface area contributed by atoms with E-state index in [1.165, 1.54) is 12.1 Å². The molecule has 0 amide bonds. The third-order valence-corrected chi connectivity index (χ3v) is 4.24. The Morgan fingerprint density at radius 2 is 1.75 bits per heavy atom. The fourth-order valence-corrected chi connectivity index (χ4v) is 3.00. The maximum absolute atomic E-state index is 12.9. The molecule has 128 valence electrons. The van der Waals surface area contributed by atoms with E-state index in [9.17, 15) is 14.6 Å². The van der Waals surface area contributed by atoms with Crippen LogP contribution in [-0.4, -0.2) is 47.5 Å². The van der Waals surface area contributed by atoms with E-state index in [-0.39, 0.29) is 12.4 Å². The lowest BCUT2D eigenvalue weighted by molar-refractivity contribution is -0.119. The molecule has 1 unspecified atom stereocenters. The van der Waals surface area contributed by atoms with Crippen molar-refractivity contribution in [1.82, 2.24) is 4.90 Å². The second-order valence-electron chi connectivity index (χ2n) is 6.36. The first kappa shape index (κ1) is 17.0. The van der Waals surface area contributed by atoms with Gasteiger partial charge in [-0.3, -0.25) is 4.90 Å². The van der Waals surface area contributed by atoms with E-state index in [2.05, 4.69) is 0 Å². The number of hydrogen-bond donors (Lipinski definition) is 2. The summed E-state index contributed by atoms with van der Waals surface area (Å²) in [5, 5.41) is 20.5. The molecule has 1 fully saturated rings. The normalized spacial score (nSPS) is 18.1. The Morgan fingerprint density at radius 3 is 2.42 bits per heavy atom. The van der Waals surface area contributed by atoms with Gasteiger partial charge >= 0.3 is 0 Å². The Hall–Kier alpha value is -1.79. The predicted molar refractivity (Wildman–Crippen MR) is 88.8 cm³/mol. The van der Waals surface area contributed by atoms with Gasteiger partial charge in [0.25, 0.3) is 0 Å². The number of aliphatic hydroxyl groups excluding tert-OH is 1. The molecule has 2 N–H and O–H groups in total. The fraction of sp³-hybridized carbons (Fsp3) is 0.368. The largest absolute Gasteiger partial charge is 0.389 e. The van der Waals surface area contributed by atoms with Gasteiger partial charge in [0.2, 0.25) is 0 Å². The molecule has 1 aliphatic rings. The van der Waals surface area contributed by atoms with Crippen molar-refractivity contribution in [3.8, 4) is 0 Å². The predicted octanol–water partition coefficient (Wildman–Crippen LogP) is 1.91. The Balaban J connectivity index is 1.39. The zero-order chi connectivity index (χ0) is 17.0. The number of β-amino-alcohol motifs (C(OH)–C–C–N with tert-alkyl or cyclic N) is 2. The molecule has 5 heteroatoms. The number of hydrogen-bond acceptors (Lipinski definition) is 4. The molecule has 0 aliphatic carbocycles. The van der Waals surface area contributed by atoms with Gasteiger partial charge in [-0.25, -0.2) is 4.39 Å². The molecule has 2 aromatic rings. The van der Waals surface area contributed by atoms with Crippen molar-refractivity contribution in [3.05, 3.63) is 71.5 Å². The van der Waals surface area contributed by atoms with Crippen molar-refractivity contribution in [2.75, 3.05) is 26.2 Å². The van der Waals surface area contributed by atoms with Crippen molar-refractivity contribution >= 4 is 0 Å². The summed E-state index contributed by atoms with van der Waals surface area (Å²) in [6.45, 7) is 2.01. The van der Waals surface area contributed by atoms with Gasteiger partial charge in [-0.15, -0.1) is 0 Å². The molecule has 24 heavy (non-hydrogen) atoms. The van der Waals surface area contributed by atoms with Gasteiger partial charge in [0.15, 0.2) is 0 Å². The van der Waals surface area contributed by atoms with Crippen LogP contribution in [0, 0.1) is 5.82 Å². The van der Waals surface area contributed by atoms with Crippen LogP contribution >= 0.6 is 0 Å². The van der Waals surface area contributed by atoms with Crippen molar-refractivity contribution in [2.24, 2.45) is 0 Å². The monoisotopic (exact) mass is 331 g/mol. The Kier molecular flexibility index (Phi) is 5.26. The Labute approximate surface area is 141 Å². The van der Waals surface area contributed by atoms with Crippen LogP contribution in [0.25, 0.3) is 0 Å². The highest BCUT2D eigenvalue weighted by Crippen LogP contribution is 2.31. The van der Waals surface area contributed by atoms with E-state index < -0.39 is 11.7 Å². The number of rotatable bonds is 7. The minimum absolute atomic E-state index is 0.250. The second-order valence-corrected chi connectivity index (χ2v) is 6.36. The van der Waals surface area contributed by atoms with Crippen LogP contribution in [0.5, 0.6) is 0 Å². The highest BCUT2D eigenvalue weighted by molar-refractivity contribution is 5.26. The van der Waals surface area contributed by atoms with Crippen molar-refractivity contribution in [2.45, 2.75) is 18.3 Å². The molecule has 1 saturated heterocycles. The number of aliphatic hydroxyl groups is 2. The maximum Gasteiger partial charge on any atom is 0.123 e. The van der Waals surface area contributed by atoms with Crippen molar-refractivity contribution < 1.29 is 19.3 Å². The molecule has 1 aliphatic heterocycles. The third kappa shape index (κ3) is 4.19. The second kappa shape index (κ2) is 7.40. The van der Waals surface area contributed by atoms with Crippen LogP contribution < -0.4 is 0 Å². The average Bonchev–Trinajstić information content (AvgIpc) is 2.55. The smallest absolute Gasteiger partial charge is 0.123 e. The summed E-state index contributed by atoms with van der Waals surface area (Å²) in [6.07, 6.45) is -0.605. The molecule has 0 spiro atoms. The highest BCUT2D eigenvalue weighted by Gasteiger charge is 2.42. The van der Waals surface area contributed by atoms with Crippen molar-refractivity contribution in [1.29, 1.82) is 0 Å². The molecule has 2 aromatic carbocycles. The molecule has 1 atom stereocenters. The van der Waals surface area contributed by atoms with E-state index in [1.807, 2.05) is 35.2 Å². The van der Waals surface area contributed by atoms with Crippen LogP contribution in [0.15, 0.2) is 54.6 Å². The Bertz CT molecular complexity index is 641. The number of halogens is 1. The first-order chi connectivity index (χ1) is 11.5. The van der Waals surface area contributed by atoms with Gasteiger partial charge in [-0.05, 0) is 23.3 Å². The zero-order valence-electron chi connectivity index (χ0n) is 13.4. The van der Waals surface area contributed by atoms with E-state index in [4.69, 9.17) is 4.74 Å². The summed E-state index contributed by atoms with van der Waals surface area (Å²) in [5.41, 5.74) is 0.812. The average molecular weight is 331 g/mol. The molecule has 3 rings (SSSR count). The molecule has 0 saturated carbocycles. The lowest BCUT2D eigenvalue weighted by Crippen LogP contribution is -2.61. The van der Waals surface area contributed by atoms with Crippen LogP contribution in [0.1, 0.15) is 11.1 Å². The lowest BCUT2D eigenvalue weighted by atomic mass is 9.86. The van der Waals surface area contributed by atoms with Gasteiger partial charge in [-0.1, -0.05) is 42.5 Å². The first-order valence-corrected chi connectivity index (χ1v) is 8.06. The minimum atomic E-state index is -0.960. The summed E-state index contributed by atoms with van der Waals surface area (Å²) in [6, 6.07) is 15.7. The molecule has 0 aromatic heterocycles. The standard InChI is InChI=1S/C19H22FNO3/c20-17-8-6-16(7-9-17)19(23)13-21(14-19)10-18(22)12-24-11-15-4-2-1-3-5-15/h1-9,18,22-23H,10-14H2. The summed E-state index contributed by atoms with van der Waals surface area (Å²) in [4.78, 5) is 1.96. The van der Waals surface area contributed by atoms with Crippen LogP contribution in [-0.2, 0) is 16.9 Å². The number of nitrogens with zero attached hydrogens (tertiary/aromatic N) is 1. The summed E-state index contributed by atoms with van der Waals surface area (Å²) in [7, 11) is 0. The quantitative estimate of drug-likeness (QED) is 0.814. The van der Waals surface area contributed by atoms with E-state index in [1.54, 1.807) is 12.1 Å². The van der Waals surface area contributed by atoms with Crippen LogP contribution in [0.2, 0.25) is 0 Å². The lowest BCUT2D eigenvalue weighted by Gasteiger charge is -2.47. The molecule has 0 bridgehead atoms. The zero-order valence-corrected chi connectivity index (χ0v) is 13.4. The van der Waals surface area contributed by atoms with Gasteiger partial charge in [0, 0.05) is 19.6 Å². The topological polar surface area (TPSA) is 52.9 Å². The van der Waals surface area contributed by atoms with Gasteiger partial charge in [-0.2, -0.15) is 0 Å². The summed E-state index contributed by atoms with van der Waals surface area (Å²) >= 11 is 0. The third-order valence-electron chi connectivity index (χ3n) is 4.24. The van der Waals surface area contributed by atoms with Gasteiger partial charge in [0.05, 0.1) is 19.3 Å². The number of benzene rings is 2. The number of ether oxygens (including phenoxy) is 1. The van der Waals surface area contributed by atoms with E-state index in [0.717, 1.165) is 5.56 Å². The first-order valence-electron chi connectivity index (χ1n) is 8.06. The Morgan fingerprint density at radius 1 is 1.08 bits per heavy atom. The van der Waals surface area contributed by atoms with Crippen LogP contribution in [0.4, 0.5) is 4.39 Å². The minimum Gasteiger partial charge on any atom is -0.389 e. The fourth-order valence-electron chi connectivity index (χ4n) is 3.00. The van der Waals surface area contributed by atoms with Crippen LogP contribution in [0.3, 0.4) is 0 Å². The summed E-state index contributed by atoms with van der Waals surface area (Å²) < 4.78 is 18.5. The SMILES string of the molecule is OC(COCc1ccccc1)CN1CC(O)(c2ccc(F)cc2)C1. The summed E-state index contributed by atoms with van der Waals surface area (Å²) in [5.74, 6) is -0.315. The maximum atomic E-state index is 12.9. The van der Waals surface area contributed by atoms with Gasteiger partial charge < -0.3 is 14.9 Å². The van der Waals surface area contributed by atoms with E-state index in [0.29, 0.717) is 31.8 Å². The van der Waals surface area contributed by atoms with Crippen molar-refractivity contribution in [3.63, 3.8) is 0 Å². The number of likely N-dealkylation sites (tertiary alicyclic amines) is 1. The molecular weight excluding hydrogens is 309 g/mol.